The molecule has 0 bridgehead atoms. The number of benzene rings is 1. The molecule has 2 unspecified atom stereocenters. The maximum Gasteiger partial charge on any atom is 0.0771 e. The number of hydrogen-bond acceptors (Lipinski definition) is 3. The average Bonchev–Trinajstić information content (AvgIpc) is 3.15. The molecule has 2 fully saturated rings. The van der Waals surface area contributed by atoms with Gasteiger partial charge >= 0.3 is 0 Å². The van der Waals surface area contributed by atoms with Crippen LogP contribution in [-0.4, -0.2) is 30.5 Å². The first kappa shape index (κ1) is 16.5. The molecule has 1 aromatic carbocycles. The molecule has 0 spiro atoms. The third-order valence-electron chi connectivity index (χ3n) is 4.91. The standard InChI is InChI=1S/C17H23Cl2NO2/c18-13-3-4-15(19)14(9-13)16(12-5-8-22-10-12)20-11-17(21)6-1-2-7-17/h3-4,9,12,16,20-21H,1-2,5-8,10-11H2. The molecule has 1 saturated carbocycles. The predicted octanol–water partition coefficient (Wildman–Crippen LogP) is 3.97. The molecule has 2 aliphatic rings. The highest BCUT2D eigenvalue weighted by molar-refractivity contribution is 6.33. The van der Waals surface area contributed by atoms with Crippen molar-refractivity contribution >= 4 is 23.2 Å². The van der Waals surface area contributed by atoms with Crippen LogP contribution < -0.4 is 5.32 Å². The van der Waals surface area contributed by atoms with Crippen LogP contribution in [0.5, 0.6) is 0 Å². The summed E-state index contributed by atoms with van der Waals surface area (Å²) in [5.41, 5.74) is 0.425. The Balaban J connectivity index is 1.78. The number of ether oxygens (including phenoxy) is 1. The van der Waals surface area contributed by atoms with Gasteiger partial charge in [0.1, 0.15) is 0 Å². The highest BCUT2D eigenvalue weighted by Crippen LogP contribution is 2.36. The highest BCUT2D eigenvalue weighted by Gasteiger charge is 2.34. The normalized spacial score (nSPS) is 25.5. The second-order valence-corrected chi connectivity index (χ2v) is 7.42. The third kappa shape index (κ3) is 3.77. The summed E-state index contributed by atoms with van der Waals surface area (Å²) < 4.78 is 5.55. The minimum atomic E-state index is -0.581. The Morgan fingerprint density at radius 3 is 2.77 bits per heavy atom. The van der Waals surface area contributed by atoms with E-state index in [1.807, 2.05) is 12.1 Å². The Bertz CT molecular complexity index is 511. The van der Waals surface area contributed by atoms with Gasteiger partial charge < -0.3 is 15.2 Å². The van der Waals surface area contributed by atoms with Crippen LogP contribution in [0.15, 0.2) is 18.2 Å². The Labute approximate surface area is 141 Å². The number of aliphatic hydroxyl groups is 1. The molecule has 0 radical (unpaired) electrons. The molecule has 1 aromatic rings. The maximum absolute atomic E-state index is 10.6. The monoisotopic (exact) mass is 343 g/mol. The van der Waals surface area contributed by atoms with Crippen molar-refractivity contribution < 1.29 is 9.84 Å². The molecular weight excluding hydrogens is 321 g/mol. The first-order chi connectivity index (χ1) is 10.6. The van der Waals surface area contributed by atoms with Gasteiger partial charge in [0.2, 0.25) is 0 Å². The Morgan fingerprint density at radius 1 is 1.32 bits per heavy atom. The molecular formula is C17H23Cl2NO2. The van der Waals surface area contributed by atoms with Crippen molar-refractivity contribution in [3.63, 3.8) is 0 Å². The van der Waals surface area contributed by atoms with Crippen LogP contribution in [0, 0.1) is 5.92 Å². The van der Waals surface area contributed by atoms with Crippen LogP contribution in [0.2, 0.25) is 10.0 Å². The molecule has 5 heteroatoms. The lowest BCUT2D eigenvalue weighted by atomic mass is 9.91. The van der Waals surface area contributed by atoms with E-state index in [9.17, 15) is 5.11 Å². The second-order valence-electron chi connectivity index (χ2n) is 6.58. The summed E-state index contributed by atoms with van der Waals surface area (Å²) in [6.07, 6.45) is 4.95. The minimum absolute atomic E-state index is 0.0679. The van der Waals surface area contributed by atoms with Crippen molar-refractivity contribution in [2.24, 2.45) is 5.92 Å². The summed E-state index contributed by atoms with van der Waals surface area (Å²) in [7, 11) is 0. The van der Waals surface area contributed by atoms with Crippen LogP contribution in [-0.2, 0) is 4.74 Å². The average molecular weight is 344 g/mol. The van der Waals surface area contributed by atoms with Crippen molar-refractivity contribution in [3.05, 3.63) is 33.8 Å². The zero-order valence-electron chi connectivity index (χ0n) is 12.7. The van der Waals surface area contributed by atoms with Gasteiger partial charge in [0.15, 0.2) is 0 Å². The van der Waals surface area contributed by atoms with Gasteiger partial charge in [-0.05, 0) is 43.0 Å². The molecule has 122 valence electrons. The van der Waals surface area contributed by atoms with E-state index in [1.54, 1.807) is 6.07 Å². The lowest BCUT2D eigenvalue weighted by Crippen LogP contribution is -2.41. The third-order valence-corrected chi connectivity index (χ3v) is 5.49. The fourth-order valence-electron chi connectivity index (χ4n) is 3.61. The van der Waals surface area contributed by atoms with E-state index in [0.29, 0.717) is 22.5 Å². The summed E-state index contributed by atoms with van der Waals surface area (Å²) in [5.74, 6) is 0.362. The molecule has 0 aromatic heterocycles. The zero-order valence-corrected chi connectivity index (χ0v) is 14.2. The first-order valence-electron chi connectivity index (χ1n) is 8.06. The number of rotatable bonds is 5. The Kier molecular flexibility index (Phi) is 5.31. The van der Waals surface area contributed by atoms with E-state index >= 15 is 0 Å². The topological polar surface area (TPSA) is 41.5 Å². The van der Waals surface area contributed by atoms with Crippen LogP contribution in [0.3, 0.4) is 0 Å². The summed E-state index contributed by atoms with van der Waals surface area (Å²) in [6, 6.07) is 5.64. The van der Waals surface area contributed by atoms with E-state index in [2.05, 4.69) is 5.32 Å². The van der Waals surface area contributed by atoms with E-state index in [-0.39, 0.29) is 6.04 Å². The molecule has 1 saturated heterocycles. The first-order valence-corrected chi connectivity index (χ1v) is 8.81. The number of hydrogen-bond donors (Lipinski definition) is 2. The van der Waals surface area contributed by atoms with E-state index in [1.165, 1.54) is 0 Å². The Hall–Kier alpha value is -0.320. The molecule has 1 aliphatic carbocycles. The van der Waals surface area contributed by atoms with Crippen molar-refractivity contribution in [2.75, 3.05) is 19.8 Å². The van der Waals surface area contributed by atoms with Crippen LogP contribution in [0.25, 0.3) is 0 Å². The second kappa shape index (κ2) is 7.06. The minimum Gasteiger partial charge on any atom is -0.389 e. The maximum atomic E-state index is 10.6. The fraction of sp³-hybridized carbons (Fsp3) is 0.647. The molecule has 1 aliphatic heterocycles. The molecule has 2 N–H and O–H groups in total. The van der Waals surface area contributed by atoms with E-state index in [0.717, 1.165) is 50.9 Å². The summed E-state index contributed by atoms with van der Waals surface area (Å²) in [4.78, 5) is 0. The SMILES string of the molecule is OC1(CNC(c2cc(Cl)ccc2Cl)C2CCOC2)CCCC1. The quantitative estimate of drug-likeness (QED) is 0.849. The van der Waals surface area contributed by atoms with Crippen molar-refractivity contribution in [1.29, 1.82) is 0 Å². The molecule has 3 nitrogen and oxygen atoms in total. The van der Waals surface area contributed by atoms with Crippen molar-refractivity contribution in [1.82, 2.24) is 5.32 Å². The predicted molar refractivity (Wildman–Crippen MR) is 89.5 cm³/mol. The van der Waals surface area contributed by atoms with E-state index < -0.39 is 5.60 Å². The zero-order chi connectivity index (χ0) is 15.6. The van der Waals surface area contributed by atoms with Gasteiger partial charge in [0, 0.05) is 35.2 Å². The van der Waals surface area contributed by atoms with Gasteiger partial charge in [-0.3, -0.25) is 0 Å². The molecule has 2 atom stereocenters. The fourth-order valence-corrected chi connectivity index (χ4v) is 4.02. The Morgan fingerprint density at radius 2 is 2.09 bits per heavy atom. The molecule has 22 heavy (non-hydrogen) atoms. The largest absolute Gasteiger partial charge is 0.389 e. The van der Waals surface area contributed by atoms with Gasteiger partial charge in [0.25, 0.3) is 0 Å². The summed E-state index contributed by atoms with van der Waals surface area (Å²) in [6.45, 7) is 2.10. The van der Waals surface area contributed by atoms with Crippen LogP contribution in [0.1, 0.15) is 43.7 Å². The van der Waals surface area contributed by atoms with E-state index in [4.69, 9.17) is 27.9 Å². The van der Waals surface area contributed by atoms with Gasteiger partial charge in [-0.1, -0.05) is 36.0 Å². The van der Waals surface area contributed by atoms with Gasteiger partial charge in [-0.2, -0.15) is 0 Å². The number of nitrogens with one attached hydrogen (secondary N) is 1. The highest BCUT2D eigenvalue weighted by atomic mass is 35.5. The van der Waals surface area contributed by atoms with Crippen molar-refractivity contribution in [2.45, 2.75) is 43.7 Å². The van der Waals surface area contributed by atoms with Gasteiger partial charge in [-0.15, -0.1) is 0 Å². The summed E-state index contributed by atoms with van der Waals surface area (Å²) in [5, 5.41) is 15.6. The molecule has 1 heterocycles. The van der Waals surface area contributed by atoms with Gasteiger partial charge in [-0.25, -0.2) is 0 Å². The summed E-state index contributed by atoms with van der Waals surface area (Å²) >= 11 is 12.6. The van der Waals surface area contributed by atoms with Gasteiger partial charge in [0.05, 0.1) is 12.2 Å². The molecule has 3 rings (SSSR count). The van der Waals surface area contributed by atoms with Crippen molar-refractivity contribution in [3.8, 4) is 0 Å². The number of halogens is 2. The molecule has 0 amide bonds. The lowest BCUT2D eigenvalue weighted by molar-refractivity contribution is 0.0419. The van der Waals surface area contributed by atoms with Crippen LogP contribution in [0.4, 0.5) is 0 Å². The lowest BCUT2D eigenvalue weighted by Gasteiger charge is -2.30. The smallest absolute Gasteiger partial charge is 0.0771 e. The van der Waals surface area contributed by atoms with Crippen LogP contribution >= 0.6 is 23.2 Å².